The van der Waals surface area contributed by atoms with Crippen LogP contribution in [0.2, 0.25) is 0 Å². The zero-order valence-electron chi connectivity index (χ0n) is 8.66. The van der Waals surface area contributed by atoms with Crippen molar-refractivity contribution in [2.45, 2.75) is 26.3 Å². The summed E-state index contributed by atoms with van der Waals surface area (Å²) in [7, 11) is 0. The van der Waals surface area contributed by atoms with Crippen LogP contribution in [0.3, 0.4) is 0 Å². The van der Waals surface area contributed by atoms with E-state index in [0.29, 0.717) is 6.04 Å². The van der Waals surface area contributed by atoms with Crippen LogP contribution in [0, 0.1) is 17.2 Å². The van der Waals surface area contributed by atoms with Gasteiger partial charge in [0.2, 0.25) is 0 Å². The maximum absolute atomic E-state index is 8.62. The van der Waals surface area contributed by atoms with Crippen molar-refractivity contribution in [2.75, 3.05) is 6.54 Å². The van der Waals surface area contributed by atoms with Gasteiger partial charge >= 0.3 is 0 Å². The normalized spacial score (nSPS) is 14.6. The van der Waals surface area contributed by atoms with E-state index >= 15 is 0 Å². The third-order valence-electron chi connectivity index (χ3n) is 2.08. The van der Waals surface area contributed by atoms with E-state index in [1.807, 2.05) is 6.92 Å². The Morgan fingerprint density at radius 3 is 2.93 bits per heavy atom. The Morgan fingerprint density at radius 1 is 1.57 bits per heavy atom. The van der Waals surface area contributed by atoms with Gasteiger partial charge in [-0.1, -0.05) is 6.07 Å². The Balaban J connectivity index is 2.23. The van der Waals surface area contributed by atoms with Crippen LogP contribution in [0.5, 0.6) is 0 Å². The maximum atomic E-state index is 8.62. The highest BCUT2D eigenvalue weighted by Gasteiger charge is 2.05. The lowest BCUT2D eigenvalue weighted by Gasteiger charge is -2.13. The zero-order chi connectivity index (χ0) is 10.4. The van der Waals surface area contributed by atoms with Crippen molar-refractivity contribution < 1.29 is 0 Å². The van der Waals surface area contributed by atoms with Crippen molar-refractivity contribution in [3.63, 3.8) is 0 Å². The van der Waals surface area contributed by atoms with Gasteiger partial charge in [0.05, 0.1) is 12.0 Å². The molecule has 1 aromatic rings. The molecule has 0 aliphatic heterocycles. The predicted octanol–water partition coefficient (Wildman–Crippen LogP) is 2.43. The van der Waals surface area contributed by atoms with E-state index in [-0.39, 0.29) is 5.92 Å². The van der Waals surface area contributed by atoms with E-state index in [4.69, 9.17) is 5.26 Å². The van der Waals surface area contributed by atoms with Crippen molar-refractivity contribution in [1.82, 2.24) is 5.32 Å². The number of nitrogens with zero attached hydrogens (tertiary/aromatic N) is 1. The van der Waals surface area contributed by atoms with Crippen LogP contribution in [0.15, 0.2) is 17.5 Å². The second kappa shape index (κ2) is 5.79. The lowest BCUT2D eigenvalue weighted by Crippen LogP contribution is -2.31. The van der Waals surface area contributed by atoms with Gasteiger partial charge in [0.1, 0.15) is 0 Å². The average molecular weight is 208 g/mol. The molecule has 0 amide bonds. The zero-order valence-corrected chi connectivity index (χ0v) is 9.47. The van der Waals surface area contributed by atoms with Crippen LogP contribution in [-0.4, -0.2) is 12.6 Å². The molecule has 2 unspecified atom stereocenters. The Morgan fingerprint density at radius 2 is 2.36 bits per heavy atom. The first-order valence-electron chi connectivity index (χ1n) is 4.87. The number of nitriles is 1. The van der Waals surface area contributed by atoms with Crippen molar-refractivity contribution in [2.24, 2.45) is 5.92 Å². The van der Waals surface area contributed by atoms with Gasteiger partial charge in [-0.3, -0.25) is 0 Å². The van der Waals surface area contributed by atoms with Crippen LogP contribution in [0.4, 0.5) is 0 Å². The molecule has 0 aliphatic carbocycles. The molecular formula is C11H16N2S. The van der Waals surface area contributed by atoms with E-state index in [1.165, 1.54) is 4.88 Å². The van der Waals surface area contributed by atoms with E-state index in [9.17, 15) is 0 Å². The van der Waals surface area contributed by atoms with Gasteiger partial charge in [0.15, 0.2) is 0 Å². The number of nitrogens with one attached hydrogen (secondary N) is 1. The van der Waals surface area contributed by atoms with Crippen LogP contribution < -0.4 is 5.32 Å². The third-order valence-corrected chi connectivity index (χ3v) is 2.98. The fourth-order valence-electron chi connectivity index (χ4n) is 1.23. The molecule has 2 nitrogen and oxygen atoms in total. The molecule has 0 fully saturated rings. The second-order valence-electron chi connectivity index (χ2n) is 3.62. The molecule has 1 aromatic heterocycles. The summed E-state index contributed by atoms with van der Waals surface area (Å²) in [6.07, 6.45) is 1.05. The largest absolute Gasteiger partial charge is 0.313 e. The monoisotopic (exact) mass is 208 g/mol. The predicted molar refractivity (Wildman–Crippen MR) is 60.3 cm³/mol. The van der Waals surface area contributed by atoms with E-state index in [2.05, 4.69) is 35.8 Å². The van der Waals surface area contributed by atoms with Gasteiger partial charge in [0, 0.05) is 17.5 Å². The summed E-state index contributed by atoms with van der Waals surface area (Å²) in [6.45, 7) is 4.87. The Kier molecular flexibility index (Phi) is 4.64. The number of hydrogen-bond donors (Lipinski definition) is 1. The smallest absolute Gasteiger partial charge is 0.0666 e. The Labute approximate surface area is 89.6 Å². The lowest BCUT2D eigenvalue weighted by atomic mass is 10.1. The molecule has 76 valence electrons. The van der Waals surface area contributed by atoms with Crippen molar-refractivity contribution in [3.05, 3.63) is 22.4 Å². The summed E-state index contributed by atoms with van der Waals surface area (Å²) in [6, 6.07) is 6.89. The molecule has 0 aliphatic rings. The van der Waals surface area contributed by atoms with E-state index < -0.39 is 0 Å². The summed E-state index contributed by atoms with van der Waals surface area (Å²) in [4.78, 5) is 1.40. The topological polar surface area (TPSA) is 35.8 Å². The second-order valence-corrected chi connectivity index (χ2v) is 4.66. The molecule has 0 saturated heterocycles. The lowest BCUT2D eigenvalue weighted by molar-refractivity contribution is 0.511. The van der Waals surface area contributed by atoms with Gasteiger partial charge in [-0.15, -0.1) is 11.3 Å². The minimum absolute atomic E-state index is 0.0979. The molecule has 1 N–H and O–H groups in total. The van der Waals surface area contributed by atoms with Gasteiger partial charge in [0.25, 0.3) is 0 Å². The molecule has 0 spiro atoms. The van der Waals surface area contributed by atoms with Crippen LogP contribution in [-0.2, 0) is 6.42 Å². The highest BCUT2D eigenvalue weighted by atomic mass is 32.1. The molecule has 0 aromatic carbocycles. The molecule has 3 heteroatoms. The minimum Gasteiger partial charge on any atom is -0.313 e. The van der Waals surface area contributed by atoms with Crippen molar-refractivity contribution in [1.29, 1.82) is 5.26 Å². The molecule has 1 rings (SSSR count). The van der Waals surface area contributed by atoms with Gasteiger partial charge < -0.3 is 5.32 Å². The van der Waals surface area contributed by atoms with Crippen molar-refractivity contribution >= 4 is 11.3 Å². The van der Waals surface area contributed by atoms with Crippen LogP contribution >= 0.6 is 11.3 Å². The SMILES string of the molecule is CC(C#N)CNC(C)Cc1cccs1. The van der Waals surface area contributed by atoms with Gasteiger partial charge in [-0.05, 0) is 31.7 Å². The van der Waals surface area contributed by atoms with Crippen molar-refractivity contribution in [3.8, 4) is 6.07 Å². The standard InChI is InChI=1S/C11H16N2S/c1-9(7-12)8-13-10(2)6-11-4-3-5-14-11/h3-5,9-10,13H,6,8H2,1-2H3. The maximum Gasteiger partial charge on any atom is 0.0666 e. The average Bonchev–Trinajstić information content (AvgIpc) is 2.66. The van der Waals surface area contributed by atoms with E-state index in [1.54, 1.807) is 11.3 Å². The Bertz CT molecular complexity index is 287. The fourth-order valence-corrected chi connectivity index (χ4v) is 2.06. The molecule has 1 heterocycles. The molecule has 14 heavy (non-hydrogen) atoms. The first kappa shape index (κ1) is 11.2. The Hall–Kier alpha value is -0.850. The number of hydrogen-bond acceptors (Lipinski definition) is 3. The molecule has 2 atom stereocenters. The number of rotatable bonds is 5. The highest BCUT2D eigenvalue weighted by molar-refractivity contribution is 7.09. The summed E-state index contributed by atoms with van der Waals surface area (Å²) < 4.78 is 0. The first-order valence-corrected chi connectivity index (χ1v) is 5.75. The first-order chi connectivity index (χ1) is 6.72. The molecule has 0 saturated carbocycles. The highest BCUT2D eigenvalue weighted by Crippen LogP contribution is 2.10. The number of thiophene rings is 1. The summed E-state index contributed by atoms with van der Waals surface area (Å²) >= 11 is 1.79. The summed E-state index contributed by atoms with van der Waals surface area (Å²) in [5.41, 5.74) is 0. The molecular weight excluding hydrogens is 192 g/mol. The third kappa shape index (κ3) is 3.91. The minimum atomic E-state index is 0.0979. The summed E-state index contributed by atoms with van der Waals surface area (Å²) in [5, 5.41) is 14.1. The quantitative estimate of drug-likeness (QED) is 0.806. The van der Waals surface area contributed by atoms with E-state index in [0.717, 1.165) is 13.0 Å². The van der Waals surface area contributed by atoms with Crippen LogP contribution in [0.25, 0.3) is 0 Å². The van der Waals surface area contributed by atoms with Crippen LogP contribution in [0.1, 0.15) is 18.7 Å². The molecule has 0 radical (unpaired) electrons. The van der Waals surface area contributed by atoms with Gasteiger partial charge in [-0.2, -0.15) is 5.26 Å². The fraction of sp³-hybridized carbons (Fsp3) is 0.545. The van der Waals surface area contributed by atoms with Gasteiger partial charge in [-0.25, -0.2) is 0 Å². The molecule has 0 bridgehead atoms. The summed E-state index contributed by atoms with van der Waals surface area (Å²) in [5.74, 6) is 0.0979.